The van der Waals surface area contributed by atoms with Crippen LogP contribution in [-0.4, -0.2) is 25.9 Å². The van der Waals surface area contributed by atoms with E-state index < -0.39 is 0 Å². The molecule has 0 bridgehead atoms. The van der Waals surface area contributed by atoms with Gasteiger partial charge in [0.2, 0.25) is 0 Å². The van der Waals surface area contributed by atoms with Crippen molar-refractivity contribution in [1.82, 2.24) is 0 Å². The van der Waals surface area contributed by atoms with Crippen LogP contribution >= 0.6 is 0 Å². The van der Waals surface area contributed by atoms with Gasteiger partial charge in [0.15, 0.2) is 0 Å². The van der Waals surface area contributed by atoms with Crippen molar-refractivity contribution in [2.75, 3.05) is 19.8 Å². The zero-order chi connectivity index (χ0) is 26.2. The second-order valence-electron chi connectivity index (χ2n) is 12.5. The molecule has 1 atom stereocenters. The molecule has 4 aromatic carbocycles. The summed E-state index contributed by atoms with van der Waals surface area (Å²) >= 11 is 0. The van der Waals surface area contributed by atoms with Gasteiger partial charge in [0.05, 0.1) is 19.8 Å². The average molecular weight is 501 g/mol. The van der Waals surface area contributed by atoms with Gasteiger partial charge in [0.1, 0.15) is 6.10 Å². The van der Waals surface area contributed by atoms with Crippen molar-refractivity contribution in [2.24, 2.45) is 0 Å². The third kappa shape index (κ3) is 3.69. The molecule has 7 rings (SSSR count). The monoisotopic (exact) mass is 500 g/mol. The lowest BCUT2D eigenvalue weighted by Gasteiger charge is -2.23. The van der Waals surface area contributed by atoms with Crippen molar-refractivity contribution < 1.29 is 9.47 Å². The second kappa shape index (κ2) is 8.40. The van der Waals surface area contributed by atoms with E-state index in [-0.39, 0.29) is 10.8 Å². The van der Waals surface area contributed by atoms with E-state index in [1.165, 1.54) is 66.8 Å². The highest BCUT2D eigenvalue weighted by molar-refractivity contribution is 5.86. The SMILES string of the molecule is Cc1ccc2c(c1)C(C)(C)c1cc(-c3ccc4c(c3)C(C)(C)c3cc(CCOCC5CO5)ccc3-4)ccc1-2. The van der Waals surface area contributed by atoms with Gasteiger partial charge in [-0.3, -0.25) is 0 Å². The highest BCUT2D eigenvalue weighted by atomic mass is 16.6. The molecule has 1 fully saturated rings. The van der Waals surface area contributed by atoms with Gasteiger partial charge in [0, 0.05) is 10.8 Å². The van der Waals surface area contributed by atoms with Crippen LogP contribution in [0.5, 0.6) is 0 Å². The van der Waals surface area contributed by atoms with Crippen molar-refractivity contribution in [3.05, 3.63) is 106 Å². The molecule has 0 aromatic heterocycles. The molecular formula is C36H36O2. The Morgan fingerprint density at radius 1 is 0.684 bits per heavy atom. The van der Waals surface area contributed by atoms with Crippen LogP contribution in [0.4, 0.5) is 0 Å². The van der Waals surface area contributed by atoms with Gasteiger partial charge < -0.3 is 9.47 Å². The molecule has 2 nitrogen and oxygen atoms in total. The van der Waals surface area contributed by atoms with Crippen LogP contribution in [0.2, 0.25) is 0 Å². The van der Waals surface area contributed by atoms with E-state index in [9.17, 15) is 0 Å². The maximum absolute atomic E-state index is 5.81. The van der Waals surface area contributed by atoms with Crippen molar-refractivity contribution in [1.29, 1.82) is 0 Å². The van der Waals surface area contributed by atoms with Gasteiger partial charge >= 0.3 is 0 Å². The van der Waals surface area contributed by atoms with Crippen molar-refractivity contribution in [3.8, 4) is 33.4 Å². The first-order valence-corrected chi connectivity index (χ1v) is 14.0. The van der Waals surface area contributed by atoms with E-state index in [1.807, 2.05) is 0 Å². The quantitative estimate of drug-likeness (QED) is 0.196. The fourth-order valence-electron chi connectivity index (χ4n) is 6.72. The number of epoxide rings is 1. The molecule has 192 valence electrons. The van der Waals surface area contributed by atoms with Crippen LogP contribution in [0.1, 0.15) is 61.1 Å². The molecule has 2 heteroatoms. The summed E-state index contributed by atoms with van der Waals surface area (Å²) in [6.45, 7) is 14.0. The Kier molecular flexibility index (Phi) is 5.28. The van der Waals surface area contributed by atoms with E-state index >= 15 is 0 Å². The predicted molar refractivity (Wildman–Crippen MR) is 156 cm³/mol. The molecule has 2 aliphatic carbocycles. The lowest BCUT2D eigenvalue weighted by Crippen LogP contribution is -2.16. The average Bonchev–Trinajstić information content (AvgIpc) is 3.68. The Hall–Kier alpha value is -3.20. The predicted octanol–water partition coefficient (Wildman–Crippen LogP) is 8.23. The van der Waals surface area contributed by atoms with Crippen LogP contribution in [0, 0.1) is 6.92 Å². The first-order valence-electron chi connectivity index (χ1n) is 14.0. The molecule has 1 aliphatic heterocycles. The van der Waals surface area contributed by atoms with Gasteiger partial charge in [-0.2, -0.15) is 0 Å². The first kappa shape index (κ1) is 23.9. The fraction of sp³-hybridized carbons (Fsp3) is 0.333. The molecule has 38 heavy (non-hydrogen) atoms. The van der Waals surface area contributed by atoms with Crippen LogP contribution in [-0.2, 0) is 26.7 Å². The molecule has 1 unspecified atom stereocenters. The number of rotatable bonds is 6. The molecule has 4 aromatic rings. The molecule has 3 aliphatic rings. The molecule has 1 saturated heterocycles. The number of ether oxygens (including phenoxy) is 2. The van der Waals surface area contributed by atoms with Crippen LogP contribution in [0.25, 0.3) is 33.4 Å². The summed E-state index contributed by atoms with van der Waals surface area (Å²) in [5.74, 6) is 0. The lowest BCUT2D eigenvalue weighted by molar-refractivity contribution is 0.119. The van der Waals surface area contributed by atoms with Gasteiger partial charge in [-0.05, 0) is 86.7 Å². The molecule has 0 saturated carbocycles. The molecule has 0 amide bonds. The van der Waals surface area contributed by atoms with Gasteiger partial charge in [-0.15, -0.1) is 0 Å². The highest BCUT2D eigenvalue weighted by Gasteiger charge is 2.37. The Balaban J connectivity index is 1.21. The minimum atomic E-state index is -0.0385. The van der Waals surface area contributed by atoms with Crippen LogP contribution in [0.3, 0.4) is 0 Å². The van der Waals surface area contributed by atoms with E-state index in [1.54, 1.807) is 0 Å². The molecule has 1 heterocycles. The summed E-state index contributed by atoms with van der Waals surface area (Å²) in [5.41, 5.74) is 16.4. The standard InChI is InChI=1S/C36H36O2/c1-22-6-10-27-29-12-8-24(18-33(29)35(2,3)31(27)16-22)25-9-13-30-28-11-7-23(14-15-37-20-26-21-38-26)17-32(28)36(4,5)34(30)19-25/h6-13,16-19,26H,14-15,20-21H2,1-5H3. The zero-order valence-corrected chi connectivity index (χ0v) is 23.2. The van der Waals surface area contributed by atoms with Gasteiger partial charge in [-0.1, -0.05) is 93.9 Å². The number of fused-ring (bicyclic) bond motifs is 6. The number of benzene rings is 4. The molecular weight excluding hydrogens is 464 g/mol. The van der Waals surface area contributed by atoms with Gasteiger partial charge in [-0.25, -0.2) is 0 Å². The minimum absolute atomic E-state index is 0.00469. The number of hydrogen-bond acceptors (Lipinski definition) is 2. The highest BCUT2D eigenvalue weighted by Crippen LogP contribution is 2.52. The molecule has 0 N–H and O–H groups in total. The summed E-state index contributed by atoms with van der Waals surface area (Å²) < 4.78 is 11.1. The van der Waals surface area contributed by atoms with E-state index in [4.69, 9.17) is 9.47 Å². The van der Waals surface area contributed by atoms with Gasteiger partial charge in [0.25, 0.3) is 0 Å². The summed E-state index contributed by atoms with van der Waals surface area (Å²) in [7, 11) is 0. The van der Waals surface area contributed by atoms with E-state index in [0.29, 0.717) is 6.10 Å². The van der Waals surface area contributed by atoms with Crippen molar-refractivity contribution in [3.63, 3.8) is 0 Å². The third-order valence-corrected chi connectivity index (χ3v) is 9.15. The summed E-state index contributed by atoms with van der Waals surface area (Å²) in [5, 5.41) is 0. The Bertz CT molecular complexity index is 1590. The topological polar surface area (TPSA) is 21.8 Å². The molecule has 0 radical (unpaired) electrons. The zero-order valence-electron chi connectivity index (χ0n) is 23.2. The minimum Gasteiger partial charge on any atom is -0.378 e. The maximum Gasteiger partial charge on any atom is 0.104 e. The van der Waals surface area contributed by atoms with Crippen LogP contribution in [0.15, 0.2) is 72.8 Å². The maximum atomic E-state index is 5.81. The van der Waals surface area contributed by atoms with E-state index in [0.717, 1.165) is 26.2 Å². The first-order chi connectivity index (χ1) is 18.2. The third-order valence-electron chi connectivity index (χ3n) is 9.15. The normalized spacial score (nSPS) is 19.0. The Labute approximate surface area is 226 Å². The number of aryl methyl sites for hydroxylation is 1. The van der Waals surface area contributed by atoms with Crippen molar-refractivity contribution >= 4 is 0 Å². The Morgan fingerprint density at radius 2 is 1.18 bits per heavy atom. The molecule has 0 spiro atoms. The summed E-state index contributed by atoms with van der Waals surface area (Å²) in [6.07, 6.45) is 1.26. The Morgan fingerprint density at radius 3 is 1.76 bits per heavy atom. The number of hydrogen-bond donors (Lipinski definition) is 0. The lowest BCUT2D eigenvalue weighted by atomic mass is 9.80. The smallest absolute Gasteiger partial charge is 0.104 e. The van der Waals surface area contributed by atoms with Crippen molar-refractivity contribution in [2.45, 2.75) is 58.0 Å². The second-order valence-corrected chi connectivity index (χ2v) is 12.5. The van der Waals surface area contributed by atoms with E-state index in [2.05, 4.69) is 107 Å². The fourth-order valence-corrected chi connectivity index (χ4v) is 6.72. The van der Waals surface area contributed by atoms with Crippen LogP contribution < -0.4 is 0 Å². The summed E-state index contributed by atoms with van der Waals surface area (Å²) in [6, 6.07) is 28.1. The largest absolute Gasteiger partial charge is 0.378 e. The summed E-state index contributed by atoms with van der Waals surface area (Å²) in [4.78, 5) is 0.